The molecule has 0 aliphatic carbocycles. The largest absolute Gasteiger partial charge is 0.465 e. The SMILES string of the molecule is COC(=O)c1cc(NCc2cccnn2)c(F)cc1N. The summed E-state index contributed by atoms with van der Waals surface area (Å²) in [6, 6.07) is 5.86. The van der Waals surface area contributed by atoms with Crippen molar-refractivity contribution in [2.45, 2.75) is 6.54 Å². The summed E-state index contributed by atoms with van der Waals surface area (Å²) >= 11 is 0. The number of ether oxygens (including phenoxy) is 1. The average molecular weight is 276 g/mol. The van der Waals surface area contributed by atoms with Crippen molar-refractivity contribution in [3.05, 3.63) is 47.5 Å². The Morgan fingerprint density at radius 1 is 1.50 bits per heavy atom. The van der Waals surface area contributed by atoms with Crippen LogP contribution in [0.1, 0.15) is 16.1 Å². The van der Waals surface area contributed by atoms with Crippen molar-refractivity contribution in [2.24, 2.45) is 0 Å². The van der Waals surface area contributed by atoms with Crippen LogP contribution in [0.5, 0.6) is 0 Å². The highest BCUT2D eigenvalue weighted by Crippen LogP contribution is 2.23. The minimum absolute atomic E-state index is 0.0272. The summed E-state index contributed by atoms with van der Waals surface area (Å²) in [4.78, 5) is 11.5. The molecule has 104 valence electrons. The van der Waals surface area contributed by atoms with Crippen LogP contribution in [0.15, 0.2) is 30.5 Å². The van der Waals surface area contributed by atoms with Gasteiger partial charge in [-0.1, -0.05) is 0 Å². The molecule has 0 atom stereocenters. The van der Waals surface area contributed by atoms with Crippen LogP contribution in [-0.2, 0) is 11.3 Å². The van der Waals surface area contributed by atoms with E-state index in [2.05, 4.69) is 20.3 Å². The van der Waals surface area contributed by atoms with Gasteiger partial charge in [-0.3, -0.25) is 0 Å². The van der Waals surface area contributed by atoms with Crippen molar-refractivity contribution in [3.8, 4) is 0 Å². The number of anilines is 2. The number of nitrogens with two attached hydrogens (primary N) is 1. The zero-order chi connectivity index (χ0) is 14.5. The minimum atomic E-state index is -0.620. The molecule has 0 aliphatic rings. The van der Waals surface area contributed by atoms with Gasteiger partial charge >= 0.3 is 5.97 Å². The second-order valence-electron chi connectivity index (χ2n) is 3.98. The number of methoxy groups -OCH3 is 1. The molecule has 0 radical (unpaired) electrons. The van der Waals surface area contributed by atoms with Crippen molar-refractivity contribution in [1.82, 2.24) is 10.2 Å². The van der Waals surface area contributed by atoms with Crippen molar-refractivity contribution in [3.63, 3.8) is 0 Å². The molecular formula is C13H13FN4O2. The Kier molecular flexibility index (Phi) is 4.09. The normalized spacial score (nSPS) is 10.1. The van der Waals surface area contributed by atoms with Crippen LogP contribution in [0.4, 0.5) is 15.8 Å². The fraction of sp³-hybridized carbons (Fsp3) is 0.154. The van der Waals surface area contributed by atoms with E-state index >= 15 is 0 Å². The Morgan fingerprint density at radius 3 is 2.95 bits per heavy atom. The first-order chi connectivity index (χ1) is 9.61. The Labute approximate surface area is 114 Å². The fourth-order valence-electron chi connectivity index (χ4n) is 1.62. The van der Waals surface area contributed by atoms with E-state index in [1.807, 2.05) is 0 Å². The first kappa shape index (κ1) is 13.7. The molecular weight excluding hydrogens is 263 g/mol. The smallest absolute Gasteiger partial charge is 0.340 e. The lowest BCUT2D eigenvalue weighted by atomic mass is 10.1. The number of halogens is 1. The number of hydrogen-bond donors (Lipinski definition) is 2. The summed E-state index contributed by atoms with van der Waals surface area (Å²) in [6.07, 6.45) is 1.54. The van der Waals surface area contributed by atoms with Gasteiger partial charge in [-0.05, 0) is 24.3 Å². The molecule has 0 aliphatic heterocycles. The number of esters is 1. The summed E-state index contributed by atoms with van der Waals surface area (Å²) in [6.45, 7) is 0.273. The quantitative estimate of drug-likeness (QED) is 0.651. The predicted octanol–water partition coefficient (Wildman–Crippen LogP) is 1.60. The topological polar surface area (TPSA) is 90.1 Å². The Hall–Kier alpha value is -2.70. The molecule has 0 unspecified atom stereocenters. The van der Waals surface area contributed by atoms with Gasteiger partial charge in [0.05, 0.1) is 30.6 Å². The summed E-state index contributed by atoms with van der Waals surface area (Å²) in [7, 11) is 1.23. The molecule has 1 aromatic heterocycles. The van der Waals surface area contributed by atoms with Gasteiger partial charge in [0.15, 0.2) is 0 Å². The lowest BCUT2D eigenvalue weighted by Crippen LogP contribution is -2.09. The maximum Gasteiger partial charge on any atom is 0.340 e. The van der Waals surface area contributed by atoms with Crippen molar-refractivity contribution >= 4 is 17.3 Å². The van der Waals surface area contributed by atoms with E-state index < -0.39 is 11.8 Å². The van der Waals surface area contributed by atoms with E-state index in [-0.39, 0.29) is 23.5 Å². The van der Waals surface area contributed by atoms with E-state index in [4.69, 9.17) is 5.73 Å². The molecule has 3 N–H and O–H groups in total. The first-order valence-corrected chi connectivity index (χ1v) is 5.79. The molecule has 1 heterocycles. The maximum absolute atomic E-state index is 13.8. The van der Waals surface area contributed by atoms with Gasteiger partial charge < -0.3 is 15.8 Å². The Bertz CT molecular complexity index is 619. The van der Waals surface area contributed by atoms with Crippen LogP contribution >= 0.6 is 0 Å². The number of nitrogens with zero attached hydrogens (tertiary/aromatic N) is 2. The van der Waals surface area contributed by atoms with Gasteiger partial charge in [0.2, 0.25) is 0 Å². The Balaban J connectivity index is 2.21. The molecule has 20 heavy (non-hydrogen) atoms. The molecule has 7 heteroatoms. The molecule has 1 aromatic carbocycles. The van der Waals surface area contributed by atoms with E-state index in [9.17, 15) is 9.18 Å². The van der Waals surface area contributed by atoms with Crippen molar-refractivity contribution in [1.29, 1.82) is 0 Å². The number of carbonyl (C=O) groups is 1. The first-order valence-electron chi connectivity index (χ1n) is 5.79. The fourth-order valence-corrected chi connectivity index (χ4v) is 1.62. The van der Waals surface area contributed by atoms with Crippen LogP contribution in [0.2, 0.25) is 0 Å². The highest BCUT2D eigenvalue weighted by molar-refractivity contribution is 5.96. The van der Waals surface area contributed by atoms with E-state index in [1.165, 1.54) is 13.2 Å². The van der Waals surface area contributed by atoms with Crippen LogP contribution in [-0.4, -0.2) is 23.3 Å². The lowest BCUT2D eigenvalue weighted by molar-refractivity contribution is 0.0602. The summed E-state index contributed by atoms with van der Waals surface area (Å²) in [5.41, 5.74) is 6.50. The summed E-state index contributed by atoms with van der Waals surface area (Å²) < 4.78 is 18.4. The monoisotopic (exact) mass is 276 g/mol. The zero-order valence-electron chi connectivity index (χ0n) is 10.8. The number of hydrogen-bond acceptors (Lipinski definition) is 6. The lowest BCUT2D eigenvalue weighted by Gasteiger charge is -2.10. The number of nitrogens with one attached hydrogen (secondary N) is 1. The van der Waals surface area contributed by atoms with Crippen molar-refractivity contribution < 1.29 is 13.9 Å². The standard InChI is InChI=1S/C13H13FN4O2/c1-20-13(19)9-5-12(10(14)6-11(9)15)16-7-8-3-2-4-17-18-8/h2-6,16H,7,15H2,1H3. The number of aromatic nitrogens is 2. The molecule has 2 aromatic rings. The van der Waals surface area contributed by atoms with E-state index in [1.54, 1.807) is 18.3 Å². The summed E-state index contributed by atoms with van der Waals surface area (Å²) in [5, 5.41) is 10.4. The van der Waals surface area contributed by atoms with E-state index in [0.717, 1.165) is 6.07 Å². The number of nitrogen functional groups attached to an aromatic ring is 1. The van der Waals surface area contributed by atoms with Gasteiger partial charge in [0.25, 0.3) is 0 Å². The van der Waals surface area contributed by atoms with Crippen LogP contribution < -0.4 is 11.1 Å². The molecule has 2 rings (SSSR count). The van der Waals surface area contributed by atoms with Gasteiger partial charge in [0, 0.05) is 11.9 Å². The molecule has 6 nitrogen and oxygen atoms in total. The van der Waals surface area contributed by atoms with Crippen LogP contribution in [0.25, 0.3) is 0 Å². The maximum atomic E-state index is 13.8. The van der Waals surface area contributed by atoms with Gasteiger partial charge in [0.1, 0.15) is 5.82 Å². The van der Waals surface area contributed by atoms with Gasteiger partial charge in [-0.25, -0.2) is 9.18 Å². The van der Waals surface area contributed by atoms with Crippen molar-refractivity contribution in [2.75, 3.05) is 18.2 Å². The molecule has 0 saturated heterocycles. The molecule has 0 saturated carbocycles. The summed E-state index contributed by atoms with van der Waals surface area (Å²) in [5.74, 6) is -1.18. The second-order valence-corrected chi connectivity index (χ2v) is 3.98. The molecule has 0 spiro atoms. The number of benzene rings is 1. The third-order valence-electron chi connectivity index (χ3n) is 2.63. The molecule has 0 bridgehead atoms. The second kappa shape index (κ2) is 5.96. The molecule has 0 amide bonds. The predicted molar refractivity (Wildman–Crippen MR) is 71.5 cm³/mol. The number of carbonyl (C=O) groups excluding carboxylic acids is 1. The number of rotatable bonds is 4. The highest BCUT2D eigenvalue weighted by atomic mass is 19.1. The van der Waals surface area contributed by atoms with Gasteiger partial charge in [-0.15, -0.1) is 0 Å². The van der Waals surface area contributed by atoms with Crippen LogP contribution in [0.3, 0.4) is 0 Å². The third-order valence-corrected chi connectivity index (χ3v) is 2.63. The minimum Gasteiger partial charge on any atom is -0.465 e. The van der Waals surface area contributed by atoms with E-state index in [0.29, 0.717) is 5.69 Å². The zero-order valence-corrected chi connectivity index (χ0v) is 10.8. The Morgan fingerprint density at radius 2 is 2.30 bits per heavy atom. The average Bonchev–Trinajstić information content (AvgIpc) is 2.46. The van der Waals surface area contributed by atoms with Crippen LogP contribution in [0, 0.1) is 5.82 Å². The third kappa shape index (κ3) is 3.00. The van der Waals surface area contributed by atoms with Gasteiger partial charge in [-0.2, -0.15) is 10.2 Å². The molecule has 0 fully saturated rings. The highest BCUT2D eigenvalue weighted by Gasteiger charge is 2.14.